The van der Waals surface area contributed by atoms with E-state index < -0.39 is 5.91 Å². The third kappa shape index (κ3) is 3.15. The summed E-state index contributed by atoms with van der Waals surface area (Å²) >= 11 is 0. The Hall–Kier alpha value is -2.02. The smallest absolute Gasteiger partial charge is 0.229 e. The van der Waals surface area contributed by atoms with Crippen LogP contribution < -0.4 is 10.5 Å². The first-order chi connectivity index (χ1) is 6.72. The molecule has 1 amide bonds. The fraction of sp³-hybridized carbons (Fsp3) is 0.200. The molecule has 0 aliphatic rings. The number of ether oxygens (including phenoxy) is 1. The van der Waals surface area contributed by atoms with E-state index in [1.54, 1.807) is 25.4 Å². The van der Waals surface area contributed by atoms with Crippen LogP contribution in [0.25, 0.3) is 0 Å². The molecule has 0 radical (unpaired) electrons. The molecule has 0 fully saturated rings. The van der Waals surface area contributed by atoms with Crippen LogP contribution in [0.3, 0.4) is 0 Å². The first-order valence-electron chi connectivity index (χ1n) is 3.99. The Kier molecular flexibility index (Phi) is 3.50. The van der Waals surface area contributed by atoms with Crippen LogP contribution in [-0.4, -0.2) is 18.0 Å². The fourth-order valence-electron chi connectivity index (χ4n) is 0.797. The molecule has 0 atom stereocenters. The third-order valence-corrected chi connectivity index (χ3v) is 1.45. The topological polar surface area (TPSA) is 65.2 Å². The number of carbonyl (C=O) groups excluding carboxylic acids is 1. The van der Waals surface area contributed by atoms with Crippen LogP contribution in [0.4, 0.5) is 0 Å². The lowest BCUT2D eigenvalue weighted by Gasteiger charge is -1.96. The number of methoxy groups -OCH3 is 1. The molecule has 0 saturated heterocycles. The van der Waals surface area contributed by atoms with Crippen molar-refractivity contribution in [3.8, 4) is 17.6 Å². The summed E-state index contributed by atoms with van der Waals surface area (Å²) in [6, 6.07) is 3.47. The molecule has 0 aliphatic carbocycles. The predicted molar refractivity (Wildman–Crippen MR) is 51.5 cm³/mol. The van der Waals surface area contributed by atoms with Gasteiger partial charge < -0.3 is 10.5 Å². The van der Waals surface area contributed by atoms with Gasteiger partial charge in [-0.3, -0.25) is 4.79 Å². The van der Waals surface area contributed by atoms with Crippen LogP contribution in [0, 0.1) is 11.8 Å². The minimum atomic E-state index is -0.439. The SMILES string of the molecule is COc1ccc(C#CCC(N)=O)nc1. The van der Waals surface area contributed by atoms with Gasteiger partial charge in [-0.1, -0.05) is 5.92 Å². The van der Waals surface area contributed by atoms with Crippen molar-refractivity contribution in [2.45, 2.75) is 6.42 Å². The number of rotatable bonds is 2. The van der Waals surface area contributed by atoms with Gasteiger partial charge in [-0.15, -0.1) is 0 Å². The Morgan fingerprint density at radius 3 is 2.93 bits per heavy atom. The average molecular weight is 190 g/mol. The van der Waals surface area contributed by atoms with E-state index in [0.29, 0.717) is 11.4 Å². The molecule has 1 heterocycles. The first kappa shape index (κ1) is 10.1. The van der Waals surface area contributed by atoms with Crippen LogP contribution in [0.5, 0.6) is 5.75 Å². The number of hydrogen-bond donors (Lipinski definition) is 1. The van der Waals surface area contributed by atoms with E-state index in [1.165, 1.54) is 0 Å². The molecular weight excluding hydrogens is 180 g/mol. The Morgan fingerprint density at radius 1 is 1.64 bits per heavy atom. The molecule has 4 heteroatoms. The van der Waals surface area contributed by atoms with Gasteiger partial charge in [-0.05, 0) is 18.1 Å². The summed E-state index contributed by atoms with van der Waals surface area (Å²) in [6.45, 7) is 0. The Morgan fingerprint density at radius 2 is 2.43 bits per heavy atom. The molecule has 14 heavy (non-hydrogen) atoms. The standard InChI is InChI=1S/C10H10N2O2/c1-14-9-6-5-8(12-7-9)3-2-4-10(11)13/h5-7H,4H2,1H3,(H2,11,13). The van der Waals surface area contributed by atoms with Gasteiger partial charge in [-0.25, -0.2) is 4.98 Å². The van der Waals surface area contributed by atoms with Crippen molar-refractivity contribution in [2.24, 2.45) is 5.73 Å². The summed E-state index contributed by atoms with van der Waals surface area (Å²) < 4.78 is 4.93. The molecule has 0 spiro atoms. The zero-order chi connectivity index (χ0) is 10.4. The summed E-state index contributed by atoms with van der Waals surface area (Å²) in [7, 11) is 1.56. The van der Waals surface area contributed by atoms with Crippen LogP contribution in [0.1, 0.15) is 12.1 Å². The number of pyridine rings is 1. The number of aromatic nitrogens is 1. The van der Waals surface area contributed by atoms with E-state index >= 15 is 0 Å². The molecule has 1 aromatic rings. The van der Waals surface area contributed by atoms with Crippen molar-refractivity contribution < 1.29 is 9.53 Å². The lowest BCUT2D eigenvalue weighted by molar-refractivity contribution is -0.117. The van der Waals surface area contributed by atoms with Crippen molar-refractivity contribution >= 4 is 5.91 Å². The summed E-state index contributed by atoms with van der Waals surface area (Å²) in [5, 5.41) is 0. The zero-order valence-electron chi connectivity index (χ0n) is 7.78. The van der Waals surface area contributed by atoms with Gasteiger partial charge in [0.05, 0.1) is 19.7 Å². The van der Waals surface area contributed by atoms with E-state index in [2.05, 4.69) is 16.8 Å². The van der Waals surface area contributed by atoms with Crippen LogP contribution >= 0.6 is 0 Å². The number of nitrogens with zero attached hydrogens (tertiary/aromatic N) is 1. The van der Waals surface area contributed by atoms with Gasteiger partial charge in [0, 0.05) is 0 Å². The van der Waals surface area contributed by atoms with E-state index in [9.17, 15) is 4.79 Å². The highest BCUT2D eigenvalue weighted by Gasteiger charge is 1.91. The van der Waals surface area contributed by atoms with Crippen molar-refractivity contribution in [3.63, 3.8) is 0 Å². The van der Waals surface area contributed by atoms with E-state index in [0.717, 1.165) is 0 Å². The minimum Gasteiger partial charge on any atom is -0.495 e. The number of amides is 1. The number of primary amides is 1. The third-order valence-electron chi connectivity index (χ3n) is 1.45. The quantitative estimate of drug-likeness (QED) is 0.683. The molecule has 1 aromatic heterocycles. The van der Waals surface area contributed by atoms with Crippen LogP contribution in [0.2, 0.25) is 0 Å². The van der Waals surface area contributed by atoms with Crippen molar-refractivity contribution in [3.05, 3.63) is 24.0 Å². The van der Waals surface area contributed by atoms with Crippen molar-refractivity contribution in [1.29, 1.82) is 0 Å². The normalized spacial score (nSPS) is 8.64. The maximum atomic E-state index is 10.4. The maximum Gasteiger partial charge on any atom is 0.229 e. The molecule has 4 nitrogen and oxygen atoms in total. The van der Waals surface area contributed by atoms with E-state index in [-0.39, 0.29) is 6.42 Å². The maximum absolute atomic E-state index is 10.4. The highest BCUT2D eigenvalue weighted by atomic mass is 16.5. The van der Waals surface area contributed by atoms with Crippen LogP contribution in [0.15, 0.2) is 18.3 Å². The monoisotopic (exact) mass is 190 g/mol. The van der Waals surface area contributed by atoms with Gasteiger partial charge in [-0.2, -0.15) is 0 Å². The van der Waals surface area contributed by atoms with Crippen molar-refractivity contribution in [1.82, 2.24) is 4.98 Å². The lowest BCUT2D eigenvalue weighted by Crippen LogP contribution is -2.08. The first-order valence-corrected chi connectivity index (χ1v) is 3.99. The van der Waals surface area contributed by atoms with Gasteiger partial charge in [0.15, 0.2) is 0 Å². The molecule has 0 bridgehead atoms. The minimum absolute atomic E-state index is 0.0493. The summed E-state index contributed by atoms with van der Waals surface area (Å²) in [4.78, 5) is 14.4. The number of carbonyl (C=O) groups is 1. The molecule has 0 aliphatic heterocycles. The lowest BCUT2D eigenvalue weighted by atomic mass is 10.3. The molecule has 72 valence electrons. The van der Waals surface area contributed by atoms with E-state index in [4.69, 9.17) is 10.5 Å². The van der Waals surface area contributed by atoms with E-state index in [1.807, 2.05) is 0 Å². The van der Waals surface area contributed by atoms with Gasteiger partial charge in [0.25, 0.3) is 0 Å². The molecular formula is C10H10N2O2. The Balaban J connectivity index is 2.66. The second-order valence-electron chi connectivity index (χ2n) is 2.53. The summed E-state index contributed by atoms with van der Waals surface area (Å²) in [5.74, 6) is 5.55. The van der Waals surface area contributed by atoms with Crippen molar-refractivity contribution in [2.75, 3.05) is 7.11 Å². The summed E-state index contributed by atoms with van der Waals surface area (Å²) in [5.41, 5.74) is 5.51. The molecule has 0 saturated carbocycles. The van der Waals surface area contributed by atoms with Crippen LogP contribution in [-0.2, 0) is 4.79 Å². The largest absolute Gasteiger partial charge is 0.495 e. The second-order valence-corrected chi connectivity index (χ2v) is 2.53. The average Bonchev–Trinajstić information content (AvgIpc) is 2.18. The number of nitrogens with two attached hydrogens (primary N) is 1. The highest BCUT2D eigenvalue weighted by molar-refractivity contribution is 5.76. The summed E-state index contributed by atoms with van der Waals surface area (Å²) in [6.07, 6.45) is 1.61. The van der Waals surface area contributed by atoms with Gasteiger partial charge >= 0.3 is 0 Å². The Bertz CT molecular complexity index is 373. The molecule has 2 N–H and O–H groups in total. The predicted octanol–water partition coefficient (Wildman–Crippen LogP) is 0.317. The highest BCUT2D eigenvalue weighted by Crippen LogP contribution is 2.06. The zero-order valence-corrected chi connectivity index (χ0v) is 7.78. The second kappa shape index (κ2) is 4.87. The molecule has 1 rings (SSSR count). The van der Waals surface area contributed by atoms with Gasteiger partial charge in [0.2, 0.25) is 5.91 Å². The van der Waals surface area contributed by atoms with Gasteiger partial charge in [0.1, 0.15) is 11.4 Å². The molecule has 0 unspecified atom stereocenters. The number of hydrogen-bond acceptors (Lipinski definition) is 3. The fourth-order valence-corrected chi connectivity index (χ4v) is 0.797. The molecule has 0 aromatic carbocycles. The Labute approximate surface area is 82.1 Å².